The van der Waals surface area contributed by atoms with Gasteiger partial charge < -0.3 is 10.2 Å². The highest BCUT2D eigenvalue weighted by Gasteiger charge is 2.19. The van der Waals surface area contributed by atoms with Gasteiger partial charge in [0.2, 0.25) is 0 Å². The van der Waals surface area contributed by atoms with Crippen molar-refractivity contribution in [1.29, 1.82) is 0 Å². The zero-order valence-corrected chi connectivity index (χ0v) is 15.8. The van der Waals surface area contributed by atoms with E-state index >= 15 is 0 Å². The lowest BCUT2D eigenvalue weighted by Crippen LogP contribution is -2.34. The van der Waals surface area contributed by atoms with Gasteiger partial charge in [0.15, 0.2) is 0 Å². The summed E-state index contributed by atoms with van der Waals surface area (Å²) >= 11 is 1.78. The predicted molar refractivity (Wildman–Crippen MR) is 100 cm³/mol. The van der Waals surface area contributed by atoms with Crippen molar-refractivity contribution in [1.82, 2.24) is 24.9 Å². The van der Waals surface area contributed by atoms with Crippen molar-refractivity contribution in [3.8, 4) is 0 Å². The van der Waals surface area contributed by atoms with Gasteiger partial charge in [0, 0.05) is 38.6 Å². The van der Waals surface area contributed by atoms with E-state index in [2.05, 4.69) is 56.6 Å². The van der Waals surface area contributed by atoms with Crippen molar-refractivity contribution in [3.05, 3.63) is 47.3 Å². The number of nitrogens with one attached hydrogen (secondary N) is 1. The Bertz CT molecular complexity index is 743. The number of amides is 2. The number of thioether (sulfide) groups is 1. The molecule has 1 aromatic heterocycles. The highest BCUT2D eigenvalue weighted by molar-refractivity contribution is 7.98. The molecule has 1 aliphatic rings. The summed E-state index contributed by atoms with van der Waals surface area (Å²) in [6.45, 7) is 4.18. The van der Waals surface area contributed by atoms with Crippen LogP contribution in [-0.2, 0) is 26.2 Å². The van der Waals surface area contributed by atoms with Crippen LogP contribution >= 0.6 is 11.8 Å². The van der Waals surface area contributed by atoms with E-state index in [9.17, 15) is 4.79 Å². The van der Waals surface area contributed by atoms with Gasteiger partial charge in [-0.3, -0.25) is 9.58 Å². The average Bonchev–Trinajstić information content (AvgIpc) is 3.01. The van der Waals surface area contributed by atoms with Crippen molar-refractivity contribution in [2.45, 2.75) is 31.1 Å². The Labute approximate surface area is 153 Å². The summed E-state index contributed by atoms with van der Waals surface area (Å²) in [4.78, 5) is 16.9. The highest BCUT2D eigenvalue weighted by atomic mass is 32.2. The van der Waals surface area contributed by atoms with E-state index in [1.54, 1.807) is 25.9 Å². The molecule has 2 amide bonds. The second-order valence-corrected chi connectivity index (χ2v) is 7.35. The lowest BCUT2D eigenvalue weighted by molar-refractivity contribution is 0.205. The van der Waals surface area contributed by atoms with Crippen LogP contribution in [0.1, 0.15) is 17.0 Å². The fourth-order valence-electron chi connectivity index (χ4n) is 2.95. The normalized spacial score (nSPS) is 14.2. The first-order valence-electron chi connectivity index (χ1n) is 8.41. The Hall–Kier alpha value is -1.99. The molecule has 0 unspecified atom stereocenters. The molecule has 0 saturated heterocycles. The van der Waals surface area contributed by atoms with Gasteiger partial charge in [0.05, 0.1) is 24.5 Å². The molecular formula is C18H25N5OS. The number of hydrogen-bond acceptors (Lipinski definition) is 4. The van der Waals surface area contributed by atoms with Crippen molar-refractivity contribution >= 4 is 17.8 Å². The van der Waals surface area contributed by atoms with Crippen LogP contribution in [0.3, 0.4) is 0 Å². The molecule has 0 saturated carbocycles. The van der Waals surface area contributed by atoms with Gasteiger partial charge in [-0.05, 0) is 30.0 Å². The first kappa shape index (κ1) is 17.8. The smallest absolute Gasteiger partial charge is 0.317 e. The van der Waals surface area contributed by atoms with E-state index in [1.807, 2.05) is 0 Å². The summed E-state index contributed by atoms with van der Waals surface area (Å²) < 4.78 is 2.06. The Kier molecular flexibility index (Phi) is 5.65. The molecule has 0 fully saturated rings. The molecule has 25 heavy (non-hydrogen) atoms. The number of carbonyl (C=O) groups excluding carboxylic acids is 1. The van der Waals surface area contributed by atoms with E-state index in [1.165, 1.54) is 21.1 Å². The molecule has 3 rings (SSSR count). The van der Waals surface area contributed by atoms with Crippen molar-refractivity contribution in [3.63, 3.8) is 0 Å². The maximum absolute atomic E-state index is 11.6. The van der Waals surface area contributed by atoms with Crippen LogP contribution in [0, 0.1) is 0 Å². The standard InChI is InChI=1S/C18H25N5OS/c1-21(2)18(24)19-11-15-10-16-13-22(7-8-23(16)20-15)12-14-5-4-6-17(9-14)25-3/h4-6,9-10H,7-8,11-13H2,1-3H3,(H,19,24). The molecule has 0 bridgehead atoms. The van der Waals surface area contributed by atoms with Gasteiger partial charge in [0.25, 0.3) is 0 Å². The molecular weight excluding hydrogens is 334 g/mol. The second kappa shape index (κ2) is 7.93. The summed E-state index contributed by atoms with van der Waals surface area (Å²) in [5.41, 5.74) is 3.47. The maximum Gasteiger partial charge on any atom is 0.317 e. The zero-order valence-electron chi connectivity index (χ0n) is 15.0. The number of fused-ring (bicyclic) bond motifs is 1. The number of aromatic nitrogens is 2. The molecule has 2 heterocycles. The lowest BCUT2D eigenvalue weighted by atomic mass is 10.2. The Balaban J connectivity index is 1.60. The topological polar surface area (TPSA) is 53.4 Å². The van der Waals surface area contributed by atoms with E-state index in [0.29, 0.717) is 6.54 Å². The van der Waals surface area contributed by atoms with Gasteiger partial charge >= 0.3 is 6.03 Å². The maximum atomic E-state index is 11.6. The van der Waals surface area contributed by atoms with Crippen molar-refractivity contribution in [2.75, 3.05) is 26.9 Å². The molecule has 6 nitrogen and oxygen atoms in total. The largest absolute Gasteiger partial charge is 0.332 e. The quantitative estimate of drug-likeness (QED) is 0.833. The average molecular weight is 359 g/mol. The molecule has 1 aliphatic heterocycles. The van der Waals surface area contributed by atoms with Gasteiger partial charge in [-0.25, -0.2) is 4.79 Å². The van der Waals surface area contributed by atoms with E-state index in [-0.39, 0.29) is 6.03 Å². The summed E-state index contributed by atoms with van der Waals surface area (Å²) in [5, 5.41) is 7.47. The lowest BCUT2D eigenvalue weighted by Gasteiger charge is -2.27. The van der Waals surface area contributed by atoms with E-state index < -0.39 is 0 Å². The minimum atomic E-state index is -0.0960. The number of rotatable bonds is 5. The predicted octanol–water partition coefficient (Wildman–Crippen LogP) is 2.39. The number of urea groups is 1. The Morgan fingerprint density at radius 1 is 1.32 bits per heavy atom. The van der Waals surface area contributed by atoms with Crippen LogP contribution in [0.5, 0.6) is 0 Å². The van der Waals surface area contributed by atoms with Gasteiger partial charge in [-0.1, -0.05) is 12.1 Å². The van der Waals surface area contributed by atoms with Gasteiger partial charge in [-0.15, -0.1) is 11.8 Å². The third-order valence-electron chi connectivity index (χ3n) is 4.29. The molecule has 0 radical (unpaired) electrons. The third-order valence-corrected chi connectivity index (χ3v) is 5.02. The van der Waals surface area contributed by atoms with Gasteiger partial charge in [0.1, 0.15) is 0 Å². The zero-order chi connectivity index (χ0) is 17.8. The molecule has 1 N–H and O–H groups in total. The Morgan fingerprint density at radius 2 is 2.16 bits per heavy atom. The Morgan fingerprint density at radius 3 is 2.92 bits per heavy atom. The van der Waals surface area contributed by atoms with Crippen LogP contribution in [0.25, 0.3) is 0 Å². The number of nitrogens with zero attached hydrogens (tertiary/aromatic N) is 4. The molecule has 134 valence electrons. The van der Waals surface area contributed by atoms with Crippen molar-refractivity contribution in [2.24, 2.45) is 0 Å². The van der Waals surface area contributed by atoms with Crippen LogP contribution in [-0.4, -0.2) is 52.5 Å². The van der Waals surface area contributed by atoms with Crippen LogP contribution in [0.15, 0.2) is 35.2 Å². The first-order valence-corrected chi connectivity index (χ1v) is 9.63. The summed E-state index contributed by atoms with van der Waals surface area (Å²) in [5.74, 6) is 0. The summed E-state index contributed by atoms with van der Waals surface area (Å²) in [6, 6.07) is 10.7. The third kappa shape index (κ3) is 4.55. The monoisotopic (exact) mass is 359 g/mol. The molecule has 0 atom stereocenters. The molecule has 1 aromatic carbocycles. The summed E-state index contributed by atoms with van der Waals surface area (Å²) in [7, 11) is 3.47. The molecule has 2 aromatic rings. The van der Waals surface area contributed by atoms with E-state index in [4.69, 9.17) is 0 Å². The molecule has 0 aliphatic carbocycles. The fraction of sp³-hybridized carbons (Fsp3) is 0.444. The first-order chi connectivity index (χ1) is 12.0. The minimum absolute atomic E-state index is 0.0960. The van der Waals surface area contributed by atoms with Gasteiger partial charge in [-0.2, -0.15) is 5.10 Å². The molecule has 0 spiro atoms. The second-order valence-electron chi connectivity index (χ2n) is 6.47. The van der Waals surface area contributed by atoms with Crippen molar-refractivity contribution < 1.29 is 4.79 Å². The van der Waals surface area contributed by atoms with Crippen LogP contribution in [0.4, 0.5) is 4.79 Å². The summed E-state index contributed by atoms with van der Waals surface area (Å²) in [6.07, 6.45) is 2.11. The van der Waals surface area contributed by atoms with E-state index in [0.717, 1.165) is 31.9 Å². The number of carbonyl (C=O) groups is 1. The number of hydrogen-bond donors (Lipinski definition) is 1. The SMILES string of the molecule is CSc1cccc(CN2CCn3nc(CNC(=O)N(C)C)cc3C2)c1. The van der Waals surface area contributed by atoms with Crippen LogP contribution < -0.4 is 5.32 Å². The van der Waals surface area contributed by atoms with Crippen LogP contribution in [0.2, 0.25) is 0 Å². The highest BCUT2D eigenvalue weighted by Crippen LogP contribution is 2.20. The minimum Gasteiger partial charge on any atom is -0.332 e. The number of benzene rings is 1. The fourth-order valence-corrected chi connectivity index (χ4v) is 3.44. The molecule has 7 heteroatoms.